The van der Waals surface area contributed by atoms with E-state index >= 15 is 0 Å². The first-order chi connectivity index (χ1) is 22.3. The van der Waals surface area contributed by atoms with E-state index in [9.17, 15) is 0 Å². The van der Waals surface area contributed by atoms with Gasteiger partial charge in [0.1, 0.15) is 5.82 Å². The first-order valence-corrected chi connectivity index (χ1v) is 15.6. The first kappa shape index (κ1) is 30.7. The Kier molecular flexibility index (Phi) is 7.82. The van der Waals surface area contributed by atoms with Gasteiger partial charge in [-0.3, -0.25) is 0 Å². The van der Waals surface area contributed by atoms with E-state index < -0.39 is 0 Å². The predicted molar refractivity (Wildman–Crippen MR) is 187 cm³/mol. The summed E-state index contributed by atoms with van der Waals surface area (Å²) in [6.07, 6.45) is 4.03. The number of pyridine rings is 1. The predicted octanol–water partition coefficient (Wildman–Crippen LogP) is 10.3. The topological polar surface area (TPSA) is 36.9 Å². The average Bonchev–Trinajstić information content (AvgIpc) is 3.62. The van der Waals surface area contributed by atoms with Gasteiger partial charge in [0.05, 0.1) is 5.54 Å². The fraction of sp³-hybridized carbons (Fsp3) is 0.122. The second-order valence-corrected chi connectivity index (χ2v) is 12.7. The fourth-order valence-corrected chi connectivity index (χ4v) is 6.37. The van der Waals surface area contributed by atoms with Crippen LogP contribution in [0.15, 0.2) is 128 Å². The molecule has 47 heavy (non-hydrogen) atoms. The molecule has 0 aliphatic rings. The molecule has 8 rings (SSSR count). The SMILES string of the molecule is Cc1ccccc1-c1ccnc(-n2c3[c-]c(Oc4[c-]c(-n5[cH+]n(C(C)(C)C)c6ccccc65)ccc4)ccc3c3ccccc32)c1.[Pt]. The van der Waals surface area contributed by atoms with Gasteiger partial charge in [0, 0.05) is 62.1 Å². The molecule has 0 amide bonds. The van der Waals surface area contributed by atoms with E-state index in [2.05, 4.69) is 157 Å². The number of nitrogens with zero attached hydrogens (tertiary/aromatic N) is 4. The van der Waals surface area contributed by atoms with E-state index in [1.165, 1.54) is 16.6 Å². The molecule has 3 aromatic heterocycles. The molecule has 5 aromatic carbocycles. The minimum absolute atomic E-state index is 0. The largest absolute Gasteiger partial charge is 0.508 e. The molecule has 0 bridgehead atoms. The van der Waals surface area contributed by atoms with Crippen LogP contribution in [-0.2, 0) is 26.6 Å². The van der Waals surface area contributed by atoms with Crippen molar-refractivity contribution in [1.29, 1.82) is 0 Å². The molecular weight excluding hydrogens is 760 g/mol. The molecule has 234 valence electrons. The molecule has 0 unspecified atom stereocenters. The van der Waals surface area contributed by atoms with Crippen LogP contribution in [-0.4, -0.2) is 18.7 Å². The van der Waals surface area contributed by atoms with Crippen LogP contribution in [0.5, 0.6) is 11.5 Å². The summed E-state index contributed by atoms with van der Waals surface area (Å²) in [5.41, 5.74) is 8.64. The Labute approximate surface area is 289 Å². The van der Waals surface area contributed by atoms with E-state index in [4.69, 9.17) is 9.72 Å². The third-order valence-corrected chi connectivity index (χ3v) is 8.57. The van der Waals surface area contributed by atoms with E-state index in [0.717, 1.165) is 44.4 Å². The van der Waals surface area contributed by atoms with Crippen LogP contribution in [0.3, 0.4) is 0 Å². The van der Waals surface area contributed by atoms with Crippen molar-refractivity contribution in [3.05, 3.63) is 145 Å². The van der Waals surface area contributed by atoms with E-state index in [0.29, 0.717) is 11.5 Å². The molecule has 0 N–H and O–H groups in total. The van der Waals surface area contributed by atoms with Crippen molar-refractivity contribution in [3.63, 3.8) is 0 Å². The quantitative estimate of drug-likeness (QED) is 0.163. The van der Waals surface area contributed by atoms with E-state index in [1.54, 1.807) is 0 Å². The number of rotatable bonds is 5. The molecule has 0 aliphatic heterocycles. The Morgan fingerprint density at radius 2 is 1.43 bits per heavy atom. The average molecular weight is 793 g/mol. The van der Waals surface area contributed by atoms with Gasteiger partial charge in [-0.25, -0.2) is 14.1 Å². The molecule has 0 atom stereocenters. The van der Waals surface area contributed by atoms with Gasteiger partial charge in [0.2, 0.25) is 0 Å². The maximum absolute atomic E-state index is 6.47. The number of aryl methyl sites for hydroxylation is 1. The summed E-state index contributed by atoms with van der Waals surface area (Å²) in [5.74, 6) is 2.07. The molecule has 5 nitrogen and oxygen atoms in total. The monoisotopic (exact) mass is 792 g/mol. The van der Waals surface area contributed by atoms with Crippen molar-refractivity contribution in [2.24, 2.45) is 0 Å². The zero-order valence-corrected chi connectivity index (χ0v) is 28.9. The third-order valence-electron chi connectivity index (χ3n) is 8.57. The molecule has 0 fully saturated rings. The van der Waals surface area contributed by atoms with Crippen molar-refractivity contribution < 1.29 is 25.8 Å². The molecule has 6 heteroatoms. The van der Waals surface area contributed by atoms with Gasteiger partial charge >= 0.3 is 0 Å². The molecular formula is C41H33N4OPt-. The maximum Gasteiger partial charge on any atom is 0.188 e. The van der Waals surface area contributed by atoms with Crippen LogP contribution >= 0.6 is 0 Å². The normalized spacial score (nSPS) is 11.7. The second kappa shape index (κ2) is 12.0. The van der Waals surface area contributed by atoms with Gasteiger partial charge in [-0.15, -0.1) is 29.7 Å². The molecule has 8 aromatic rings. The summed E-state index contributed by atoms with van der Waals surface area (Å²) < 4.78 is 13.1. The molecule has 0 spiro atoms. The zero-order chi connectivity index (χ0) is 31.4. The number of hydrogen-bond donors (Lipinski definition) is 0. The Bertz CT molecular complexity index is 2410. The van der Waals surface area contributed by atoms with E-state index in [-0.39, 0.29) is 26.6 Å². The number of aromatic nitrogens is 4. The minimum atomic E-state index is -0.0733. The second-order valence-electron chi connectivity index (χ2n) is 12.7. The number of ether oxygens (including phenoxy) is 1. The van der Waals surface area contributed by atoms with Crippen molar-refractivity contribution in [2.75, 3.05) is 0 Å². The number of hydrogen-bond acceptors (Lipinski definition) is 2. The molecule has 3 heterocycles. The standard InChI is InChI=1S/C41H33N4O.Pt/c1-28-12-5-6-15-33(28)29-22-23-42-40(24-29)45-36-17-8-7-16-34(36)35-21-20-32(26-39(35)45)46-31-14-11-13-30(25-31)43-27-44(41(2,3)4)38-19-10-9-18-37(38)43;/h5-24,27H,1-4H3;/q-1;. The summed E-state index contributed by atoms with van der Waals surface area (Å²) in [7, 11) is 0. The minimum Gasteiger partial charge on any atom is -0.508 e. The molecule has 0 saturated heterocycles. The number of imidazole rings is 1. The van der Waals surface area contributed by atoms with E-state index in [1.807, 2.05) is 24.4 Å². The number of para-hydroxylation sites is 3. The van der Waals surface area contributed by atoms with Gasteiger partial charge in [0.25, 0.3) is 0 Å². The Morgan fingerprint density at radius 1 is 0.702 bits per heavy atom. The van der Waals surface area contributed by atoms with Crippen LogP contribution in [0.4, 0.5) is 0 Å². The Morgan fingerprint density at radius 3 is 2.23 bits per heavy atom. The van der Waals surface area contributed by atoms with Crippen molar-refractivity contribution in [2.45, 2.75) is 33.2 Å². The summed E-state index contributed by atoms with van der Waals surface area (Å²) in [6.45, 7) is 8.78. The van der Waals surface area contributed by atoms with Crippen LogP contribution in [0.1, 0.15) is 26.3 Å². The van der Waals surface area contributed by atoms with Crippen molar-refractivity contribution >= 4 is 32.8 Å². The van der Waals surface area contributed by atoms with Gasteiger partial charge < -0.3 is 9.30 Å². The van der Waals surface area contributed by atoms with Crippen LogP contribution in [0.25, 0.3) is 55.5 Å². The number of fused-ring (bicyclic) bond motifs is 4. The summed E-state index contributed by atoms with van der Waals surface area (Å²) in [4.78, 5) is 4.83. The van der Waals surface area contributed by atoms with Gasteiger partial charge in [-0.2, -0.15) is 12.1 Å². The first-order valence-electron chi connectivity index (χ1n) is 15.6. The fourth-order valence-electron chi connectivity index (χ4n) is 6.37. The van der Waals surface area contributed by atoms with Gasteiger partial charge in [-0.1, -0.05) is 54.0 Å². The smallest absolute Gasteiger partial charge is 0.188 e. The summed E-state index contributed by atoms with van der Waals surface area (Å²) in [6, 6.07) is 46.7. The maximum atomic E-state index is 6.47. The zero-order valence-electron chi connectivity index (χ0n) is 26.6. The van der Waals surface area contributed by atoms with Gasteiger partial charge in [-0.05, 0) is 80.1 Å². The molecule has 0 aliphatic carbocycles. The van der Waals surface area contributed by atoms with Crippen LogP contribution in [0, 0.1) is 19.1 Å². The third kappa shape index (κ3) is 5.45. The van der Waals surface area contributed by atoms with Crippen LogP contribution in [0.2, 0.25) is 0 Å². The van der Waals surface area contributed by atoms with Crippen molar-refractivity contribution in [1.82, 2.24) is 18.7 Å². The molecule has 0 radical (unpaired) electrons. The Hall–Kier alpha value is -4.99. The number of benzene rings is 5. The van der Waals surface area contributed by atoms with Crippen LogP contribution < -0.4 is 4.74 Å². The summed E-state index contributed by atoms with van der Waals surface area (Å²) >= 11 is 0. The van der Waals surface area contributed by atoms with Gasteiger partial charge in [0.15, 0.2) is 17.4 Å². The Balaban J connectivity index is 0.00000351. The molecule has 0 saturated carbocycles. The van der Waals surface area contributed by atoms with Crippen molar-refractivity contribution in [3.8, 4) is 34.1 Å². The summed E-state index contributed by atoms with van der Waals surface area (Å²) in [5, 5.41) is 2.23.